The van der Waals surface area contributed by atoms with Gasteiger partial charge in [-0.3, -0.25) is 4.68 Å². The summed E-state index contributed by atoms with van der Waals surface area (Å²) >= 11 is 4.50. The zero-order valence-electron chi connectivity index (χ0n) is 10.2. The maximum Gasteiger partial charge on any atom is 0.0859 e. The van der Waals surface area contributed by atoms with Crippen LogP contribution in [0.3, 0.4) is 0 Å². The Bertz CT molecular complexity index is 346. The minimum Gasteiger partial charge on any atom is -0.252 e. The fraction of sp³-hybridized carbons (Fsp3) is 0.833. The fourth-order valence-electron chi connectivity index (χ4n) is 2.68. The van der Waals surface area contributed by atoms with Gasteiger partial charge in [-0.2, -0.15) is 12.6 Å². The van der Waals surface area contributed by atoms with E-state index >= 15 is 0 Å². The van der Waals surface area contributed by atoms with E-state index in [2.05, 4.69) is 29.9 Å². The Balaban J connectivity index is 2.02. The molecule has 0 N–H and O–H groups in total. The topological polar surface area (TPSA) is 30.7 Å². The summed E-state index contributed by atoms with van der Waals surface area (Å²) in [5, 5.41) is 8.90. The van der Waals surface area contributed by atoms with E-state index in [4.69, 9.17) is 0 Å². The highest BCUT2D eigenvalue weighted by Crippen LogP contribution is 2.26. The van der Waals surface area contributed by atoms with Crippen molar-refractivity contribution in [1.82, 2.24) is 15.0 Å². The van der Waals surface area contributed by atoms with Gasteiger partial charge in [-0.1, -0.05) is 18.6 Å². The summed E-state index contributed by atoms with van der Waals surface area (Å²) in [7, 11) is 2.00. The summed E-state index contributed by atoms with van der Waals surface area (Å²) in [4.78, 5) is 0. The number of fused-ring (bicyclic) bond motifs is 1. The van der Waals surface area contributed by atoms with E-state index in [0.717, 1.165) is 18.8 Å². The smallest absolute Gasteiger partial charge is 0.0859 e. The van der Waals surface area contributed by atoms with Gasteiger partial charge in [0, 0.05) is 7.05 Å². The molecule has 16 heavy (non-hydrogen) atoms. The Hall–Kier alpha value is -0.510. The van der Waals surface area contributed by atoms with Gasteiger partial charge in [0.15, 0.2) is 0 Å². The summed E-state index contributed by atoms with van der Waals surface area (Å²) < 4.78 is 1.94. The molecular weight excluding hydrogens is 218 g/mol. The molecule has 0 spiro atoms. The number of thiol groups is 1. The van der Waals surface area contributed by atoms with E-state index in [9.17, 15) is 0 Å². The van der Waals surface area contributed by atoms with Crippen LogP contribution in [0.1, 0.15) is 44.0 Å². The first-order valence-corrected chi connectivity index (χ1v) is 6.74. The van der Waals surface area contributed by atoms with Crippen LogP contribution in [0.5, 0.6) is 0 Å². The van der Waals surface area contributed by atoms with Gasteiger partial charge in [0.25, 0.3) is 0 Å². The van der Waals surface area contributed by atoms with E-state index < -0.39 is 0 Å². The highest BCUT2D eigenvalue weighted by Gasteiger charge is 2.18. The zero-order valence-corrected chi connectivity index (χ0v) is 11.1. The third kappa shape index (κ3) is 2.78. The SMILES string of the molecule is CC(S)CC1CCCc2c(nnn2C)CC1. The van der Waals surface area contributed by atoms with Gasteiger partial charge < -0.3 is 0 Å². The molecule has 0 bridgehead atoms. The number of hydrogen-bond acceptors (Lipinski definition) is 3. The van der Waals surface area contributed by atoms with E-state index in [-0.39, 0.29) is 0 Å². The summed E-state index contributed by atoms with van der Waals surface area (Å²) in [5.74, 6) is 0.822. The minimum absolute atomic E-state index is 0.519. The third-order valence-electron chi connectivity index (χ3n) is 3.51. The fourth-order valence-corrected chi connectivity index (χ4v) is 2.98. The van der Waals surface area contributed by atoms with Crippen molar-refractivity contribution >= 4 is 12.6 Å². The molecule has 0 saturated heterocycles. The summed E-state index contributed by atoms with van der Waals surface area (Å²) in [6.07, 6.45) is 7.30. The number of hydrogen-bond donors (Lipinski definition) is 1. The van der Waals surface area contributed by atoms with Gasteiger partial charge in [-0.05, 0) is 43.3 Å². The minimum atomic E-state index is 0.519. The molecule has 1 aromatic heterocycles. The number of rotatable bonds is 2. The molecule has 90 valence electrons. The Morgan fingerprint density at radius 1 is 1.44 bits per heavy atom. The molecule has 3 nitrogen and oxygen atoms in total. The van der Waals surface area contributed by atoms with Crippen LogP contribution in [0.2, 0.25) is 0 Å². The van der Waals surface area contributed by atoms with Crippen molar-refractivity contribution in [1.29, 1.82) is 0 Å². The molecule has 2 unspecified atom stereocenters. The van der Waals surface area contributed by atoms with Gasteiger partial charge in [0.2, 0.25) is 0 Å². The van der Waals surface area contributed by atoms with Crippen molar-refractivity contribution in [3.8, 4) is 0 Å². The molecule has 0 aliphatic heterocycles. The van der Waals surface area contributed by atoms with Crippen LogP contribution in [-0.2, 0) is 19.9 Å². The average molecular weight is 239 g/mol. The zero-order chi connectivity index (χ0) is 11.5. The number of aryl methyl sites for hydroxylation is 2. The Kier molecular flexibility index (Phi) is 3.90. The number of nitrogens with zero attached hydrogens (tertiary/aromatic N) is 3. The molecule has 1 heterocycles. The second kappa shape index (κ2) is 5.21. The Morgan fingerprint density at radius 2 is 2.25 bits per heavy atom. The lowest BCUT2D eigenvalue weighted by Crippen LogP contribution is -2.12. The molecule has 4 heteroatoms. The lowest BCUT2D eigenvalue weighted by atomic mass is 9.88. The van der Waals surface area contributed by atoms with E-state index in [1.165, 1.54) is 37.1 Å². The molecule has 0 aromatic carbocycles. The molecular formula is C12H21N3S. The molecule has 2 atom stereocenters. The molecule has 1 aromatic rings. The van der Waals surface area contributed by atoms with Crippen molar-refractivity contribution in [3.05, 3.63) is 11.4 Å². The van der Waals surface area contributed by atoms with Gasteiger partial charge in [0.1, 0.15) is 0 Å². The lowest BCUT2D eigenvalue weighted by molar-refractivity contribution is 0.396. The predicted octanol–water partition coefficient (Wildman–Crippen LogP) is 2.41. The van der Waals surface area contributed by atoms with Crippen molar-refractivity contribution in [2.45, 2.75) is 50.7 Å². The van der Waals surface area contributed by atoms with Crippen LogP contribution in [0.15, 0.2) is 0 Å². The van der Waals surface area contributed by atoms with Crippen molar-refractivity contribution in [2.24, 2.45) is 13.0 Å². The van der Waals surface area contributed by atoms with Crippen LogP contribution in [0, 0.1) is 5.92 Å². The third-order valence-corrected chi connectivity index (χ3v) is 3.72. The van der Waals surface area contributed by atoms with Crippen LogP contribution >= 0.6 is 12.6 Å². The summed E-state index contributed by atoms with van der Waals surface area (Å²) in [6.45, 7) is 2.19. The first-order valence-electron chi connectivity index (χ1n) is 6.22. The second-order valence-electron chi connectivity index (χ2n) is 4.99. The highest BCUT2D eigenvalue weighted by atomic mass is 32.1. The Morgan fingerprint density at radius 3 is 3.00 bits per heavy atom. The van der Waals surface area contributed by atoms with E-state index in [1.54, 1.807) is 0 Å². The average Bonchev–Trinajstić information content (AvgIpc) is 2.51. The molecule has 0 saturated carbocycles. The van der Waals surface area contributed by atoms with Gasteiger partial charge in [0.05, 0.1) is 11.4 Å². The summed E-state index contributed by atoms with van der Waals surface area (Å²) in [5.41, 5.74) is 2.57. The van der Waals surface area contributed by atoms with E-state index in [1.807, 2.05) is 11.7 Å². The van der Waals surface area contributed by atoms with Crippen LogP contribution < -0.4 is 0 Å². The predicted molar refractivity (Wildman–Crippen MR) is 68.8 cm³/mol. The summed E-state index contributed by atoms with van der Waals surface area (Å²) in [6, 6.07) is 0. The van der Waals surface area contributed by atoms with Gasteiger partial charge in [-0.15, -0.1) is 5.10 Å². The largest absolute Gasteiger partial charge is 0.252 e. The maximum atomic E-state index is 4.50. The van der Waals surface area contributed by atoms with Gasteiger partial charge in [-0.25, -0.2) is 0 Å². The standard InChI is InChI=1S/C12H21N3S/c1-9(16)8-10-4-3-5-12-11(7-6-10)13-14-15(12)2/h9-10,16H,3-8H2,1-2H3. The van der Waals surface area contributed by atoms with Crippen molar-refractivity contribution in [3.63, 3.8) is 0 Å². The molecule has 0 radical (unpaired) electrons. The second-order valence-corrected chi connectivity index (χ2v) is 5.87. The van der Waals surface area contributed by atoms with Crippen LogP contribution in [-0.4, -0.2) is 20.2 Å². The van der Waals surface area contributed by atoms with Crippen LogP contribution in [0.25, 0.3) is 0 Å². The molecule has 1 aliphatic rings. The molecule has 1 aliphatic carbocycles. The van der Waals surface area contributed by atoms with Crippen LogP contribution in [0.4, 0.5) is 0 Å². The monoisotopic (exact) mass is 239 g/mol. The highest BCUT2D eigenvalue weighted by molar-refractivity contribution is 7.80. The maximum absolute atomic E-state index is 4.50. The molecule has 0 amide bonds. The molecule has 2 rings (SSSR count). The molecule has 0 fully saturated rings. The first kappa shape index (κ1) is 12.0. The van der Waals surface area contributed by atoms with Crippen molar-refractivity contribution in [2.75, 3.05) is 0 Å². The van der Waals surface area contributed by atoms with Crippen molar-refractivity contribution < 1.29 is 0 Å². The number of aromatic nitrogens is 3. The van der Waals surface area contributed by atoms with Gasteiger partial charge >= 0.3 is 0 Å². The Labute approximate surface area is 103 Å². The lowest BCUT2D eigenvalue weighted by Gasteiger charge is -2.20. The van der Waals surface area contributed by atoms with E-state index in [0.29, 0.717) is 5.25 Å². The normalized spacial score (nSPS) is 23.3. The first-order chi connectivity index (χ1) is 7.66. The quantitative estimate of drug-likeness (QED) is 0.803.